The normalized spacial score (nSPS) is 10.8. The SMILES string of the molecule is O=c1[nH]c(-c2cc(Br)cc(Br)c2)nc2ccccc12. The molecule has 94 valence electrons. The Morgan fingerprint density at radius 1 is 1.00 bits per heavy atom. The number of fused-ring (bicyclic) bond motifs is 1. The van der Waals surface area contributed by atoms with Crippen LogP contribution in [0.4, 0.5) is 0 Å². The molecule has 0 aliphatic heterocycles. The molecule has 3 nitrogen and oxygen atoms in total. The Balaban J connectivity index is 2.28. The zero-order valence-corrected chi connectivity index (χ0v) is 12.8. The van der Waals surface area contributed by atoms with Crippen LogP contribution in [-0.2, 0) is 0 Å². The Morgan fingerprint density at radius 3 is 2.42 bits per heavy atom. The third kappa shape index (κ3) is 2.48. The van der Waals surface area contributed by atoms with Crippen LogP contribution in [0.1, 0.15) is 0 Å². The minimum atomic E-state index is -0.128. The van der Waals surface area contributed by atoms with Crippen LogP contribution in [0, 0.1) is 0 Å². The van der Waals surface area contributed by atoms with Crippen LogP contribution < -0.4 is 5.56 Å². The molecule has 1 N–H and O–H groups in total. The van der Waals surface area contributed by atoms with E-state index < -0.39 is 0 Å². The Kier molecular flexibility index (Phi) is 3.24. The fourth-order valence-electron chi connectivity index (χ4n) is 1.91. The Morgan fingerprint density at radius 2 is 1.68 bits per heavy atom. The zero-order valence-electron chi connectivity index (χ0n) is 9.65. The Labute approximate surface area is 126 Å². The third-order valence-corrected chi connectivity index (χ3v) is 3.66. The predicted octanol–water partition coefficient (Wildman–Crippen LogP) is 4.12. The first-order valence-electron chi connectivity index (χ1n) is 5.59. The summed E-state index contributed by atoms with van der Waals surface area (Å²) in [7, 11) is 0. The quantitative estimate of drug-likeness (QED) is 0.691. The highest BCUT2D eigenvalue weighted by Crippen LogP contribution is 2.25. The van der Waals surface area contributed by atoms with Gasteiger partial charge in [-0.25, -0.2) is 4.98 Å². The first-order valence-corrected chi connectivity index (χ1v) is 7.17. The van der Waals surface area contributed by atoms with E-state index in [-0.39, 0.29) is 5.56 Å². The number of halogens is 2. The molecule has 0 bridgehead atoms. The maximum Gasteiger partial charge on any atom is 0.259 e. The number of benzene rings is 2. The van der Waals surface area contributed by atoms with E-state index >= 15 is 0 Å². The maximum atomic E-state index is 12.0. The van der Waals surface area contributed by atoms with E-state index in [9.17, 15) is 4.79 Å². The molecule has 1 aromatic heterocycles. The van der Waals surface area contributed by atoms with Gasteiger partial charge in [-0.2, -0.15) is 0 Å². The largest absolute Gasteiger partial charge is 0.306 e. The van der Waals surface area contributed by atoms with Crippen molar-refractivity contribution in [2.45, 2.75) is 0 Å². The fraction of sp³-hybridized carbons (Fsp3) is 0. The number of hydrogen-bond donors (Lipinski definition) is 1. The summed E-state index contributed by atoms with van der Waals surface area (Å²) in [6.07, 6.45) is 0. The average Bonchev–Trinajstić information content (AvgIpc) is 2.37. The van der Waals surface area contributed by atoms with Crippen LogP contribution in [-0.4, -0.2) is 9.97 Å². The molecule has 0 fully saturated rings. The minimum absolute atomic E-state index is 0.128. The molecule has 19 heavy (non-hydrogen) atoms. The monoisotopic (exact) mass is 378 g/mol. The lowest BCUT2D eigenvalue weighted by molar-refractivity contribution is 1.18. The third-order valence-electron chi connectivity index (χ3n) is 2.75. The summed E-state index contributed by atoms with van der Waals surface area (Å²) in [5.41, 5.74) is 1.41. The lowest BCUT2D eigenvalue weighted by atomic mass is 10.2. The smallest absolute Gasteiger partial charge is 0.259 e. The van der Waals surface area contributed by atoms with Crippen molar-refractivity contribution >= 4 is 42.8 Å². The molecule has 3 rings (SSSR count). The van der Waals surface area contributed by atoms with Crippen molar-refractivity contribution in [1.29, 1.82) is 0 Å². The summed E-state index contributed by atoms with van der Waals surface area (Å²) in [6, 6.07) is 13.1. The van der Waals surface area contributed by atoms with E-state index in [1.165, 1.54) is 0 Å². The van der Waals surface area contributed by atoms with Crippen LogP contribution in [0.5, 0.6) is 0 Å². The summed E-state index contributed by atoms with van der Waals surface area (Å²) in [5, 5.41) is 0.598. The zero-order chi connectivity index (χ0) is 13.4. The van der Waals surface area contributed by atoms with Crippen molar-refractivity contribution in [3.05, 3.63) is 61.8 Å². The van der Waals surface area contributed by atoms with Crippen molar-refractivity contribution in [1.82, 2.24) is 9.97 Å². The molecule has 0 aliphatic carbocycles. The number of hydrogen-bond acceptors (Lipinski definition) is 2. The van der Waals surface area contributed by atoms with E-state index in [4.69, 9.17) is 0 Å². The first kappa shape index (κ1) is 12.6. The number of aromatic nitrogens is 2. The van der Waals surface area contributed by atoms with E-state index in [1.54, 1.807) is 6.07 Å². The van der Waals surface area contributed by atoms with Crippen LogP contribution >= 0.6 is 31.9 Å². The Hall–Kier alpha value is -1.46. The molecule has 0 radical (unpaired) electrons. The molecule has 5 heteroatoms. The lowest BCUT2D eigenvalue weighted by Crippen LogP contribution is -2.09. The van der Waals surface area contributed by atoms with Gasteiger partial charge in [0.25, 0.3) is 5.56 Å². The second-order valence-corrected chi connectivity index (χ2v) is 5.92. The molecule has 1 heterocycles. The standard InChI is InChI=1S/C14H8Br2N2O/c15-9-5-8(6-10(16)7-9)13-17-12-4-2-1-3-11(12)14(19)18-13/h1-7H,(H,17,18,19). The summed E-state index contributed by atoms with van der Waals surface area (Å²) in [4.78, 5) is 19.3. The summed E-state index contributed by atoms with van der Waals surface area (Å²) < 4.78 is 1.85. The van der Waals surface area contributed by atoms with E-state index in [1.807, 2.05) is 36.4 Å². The highest BCUT2D eigenvalue weighted by atomic mass is 79.9. The number of nitrogens with zero attached hydrogens (tertiary/aromatic N) is 1. The number of para-hydroxylation sites is 1. The number of H-pyrrole nitrogens is 1. The van der Waals surface area contributed by atoms with E-state index in [2.05, 4.69) is 41.8 Å². The molecule has 0 saturated heterocycles. The van der Waals surface area contributed by atoms with Gasteiger partial charge in [-0.1, -0.05) is 44.0 Å². The topological polar surface area (TPSA) is 45.8 Å². The maximum absolute atomic E-state index is 12.0. The van der Waals surface area contributed by atoms with Gasteiger partial charge in [0.15, 0.2) is 0 Å². The molecule has 0 atom stereocenters. The molecular formula is C14H8Br2N2O. The summed E-state index contributed by atoms with van der Waals surface area (Å²) >= 11 is 6.86. The Bertz CT molecular complexity index is 807. The summed E-state index contributed by atoms with van der Waals surface area (Å²) in [6.45, 7) is 0. The number of aromatic amines is 1. The highest BCUT2D eigenvalue weighted by Gasteiger charge is 2.06. The summed E-state index contributed by atoms with van der Waals surface area (Å²) in [5.74, 6) is 0.561. The molecule has 0 unspecified atom stereocenters. The van der Waals surface area contributed by atoms with E-state index in [0.717, 1.165) is 14.5 Å². The highest BCUT2D eigenvalue weighted by molar-refractivity contribution is 9.11. The molecule has 3 aromatic rings. The van der Waals surface area contributed by atoms with Crippen molar-refractivity contribution in [2.75, 3.05) is 0 Å². The van der Waals surface area contributed by atoms with Gasteiger partial charge < -0.3 is 4.98 Å². The van der Waals surface area contributed by atoms with Crippen molar-refractivity contribution in [2.24, 2.45) is 0 Å². The van der Waals surface area contributed by atoms with Gasteiger partial charge >= 0.3 is 0 Å². The first-order chi connectivity index (χ1) is 9.13. The molecule has 0 aliphatic rings. The minimum Gasteiger partial charge on any atom is -0.306 e. The molecule has 2 aromatic carbocycles. The van der Waals surface area contributed by atoms with Gasteiger partial charge in [-0.05, 0) is 30.3 Å². The van der Waals surface area contributed by atoms with Crippen LogP contribution in [0.3, 0.4) is 0 Å². The second-order valence-electron chi connectivity index (χ2n) is 4.09. The second kappa shape index (κ2) is 4.90. The van der Waals surface area contributed by atoms with Gasteiger partial charge in [0, 0.05) is 14.5 Å². The van der Waals surface area contributed by atoms with Crippen LogP contribution in [0.15, 0.2) is 56.2 Å². The van der Waals surface area contributed by atoms with Gasteiger partial charge in [0.1, 0.15) is 5.82 Å². The molecule has 0 amide bonds. The van der Waals surface area contributed by atoms with Gasteiger partial charge in [-0.15, -0.1) is 0 Å². The molecule has 0 saturated carbocycles. The predicted molar refractivity (Wildman–Crippen MR) is 83.2 cm³/mol. The van der Waals surface area contributed by atoms with Gasteiger partial charge in [-0.3, -0.25) is 4.79 Å². The van der Waals surface area contributed by atoms with Gasteiger partial charge in [0.2, 0.25) is 0 Å². The van der Waals surface area contributed by atoms with Gasteiger partial charge in [0.05, 0.1) is 10.9 Å². The lowest BCUT2D eigenvalue weighted by Gasteiger charge is -2.04. The number of nitrogens with one attached hydrogen (secondary N) is 1. The number of rotatable bonds is 1. The average molecular weight is 380 g/mol. The molecule has 0 spiro atoms. The fourth-order valence-corrected chi connectivity index (χ4v) is 3.21. The van der Waals surface area contributed by atoms with E-state index in [0.29, 0.717) is 16.7 Å². The molecular weight excluding hydrogens is 372 g/mol. The van der Waals surface area contributed by atoms with Crippen LogP contribution in [0.25, 0.3) is 22.3 Å². The van der Waals surface area contributed by atoms with Crippen molar-refractivity contribution < 1.29 is 0 Å². The van der Waals surface area contributed by atoms with Crippen molar-refractivity contribution in [3.8, 4) is 11.4 Å². The van der Waals surface area contributed by atoms with Crippen molar-refractivity contribution in [3.63, 3.8) is 0 Å². The van der Waals surface area contributed by atoms with Crippen LogP contribution in [0.2, 0.25) is 0 Å².